The van der Waals surface area contributed by atoms with Gasteiger partial charge in [0, 0.05) is 17.1 Å². The molecule has 0 saturated heterocycles. The van der Waals surface area contributed by atoms with Crippen molar-refractivity contribution in [1.82, 2.24) is 0 Å². The van der Waals surface area contributed by atoms with Crippen LogP contribution in [0.3, 0.4) is 0 Å². The van der Waals surface area contributed by atoms with E-state index in [2.05, 4.69) is 10.6 Å². The Morgan fingerprint density at radius 2 is 1.46 bits per heavy atom. The van der Waals surface area contributed by atoms with Crippen LogP contribution < -0.4 is 10.6 Å². The highest BCUT2D eigenvalue weighted by Crippen LogP contribution is 2.18. The second-order valence-electron chi connectivity index (χ2n) is 5.42. The number of benzene rings is 3. The molecule has 0 aliphatic rings. The first kappa shape index (κ1) is 15.7. The summed E-state index contributed by atoms with van der Waals surface area (Å²) in [7, 11) is 0. The maximum absolute atomic E-state index is 13.1. The van der Waals surface area contributed by atoms with E-state index in [9.17, 15) is 9.18 Å². The molecule has 3 rings (SSSR count). The fourth-order valence-electron chi connectivity index (χ4n) is 2.36. The number of hydrogen-bond donors (Lipinski definition) is 2. The van der Waals surface area contributed by atoms with Crippen molar-refractivity contribution in [2.24, 2.45) is 0 Å². The summed E-state index contributed by atoms with van der Waals surface area (Å²) in [6.07, 6.45) is 0.141. The lowest BCUT2D eigenvalue weighted by Gasteiger charge is -2.09. The van der Waals surface area contributed by atoms with Gasteiger partial charge < -0.3 is 10.6 Å². The second-order valence-corrected chi connectivity index (χ2v) is 5.42. The summed E-state index contributed by atoms with van der Waals surface area (Å²) in [5.74, 6) is -0.513. The van der Waals surface area contributed by atoms with Gasteiger partial charge in [-0.05, 0) is 54.1 Å². The highest BCUT2D eigenvalue weighted by atomic mass is 19.1. The SMILES string of the molecule is O=C(Cc1cccc(F)c1)Nc1ccc(Nc2ccccc2)cc1. The first-order valence-electron chi connectivity index (χ1n) is 7.65. The number of carbonyl (C=O) groups excluding carboxylic acids is 1. The van der Waals surface area contributed by atoms with Gasteiger partial charge in [0.2, 0.25) is 5.91 Å². The molecule has 0 fully saturated rings. The number of anilines is 3. The Morgan fingerprint density at radius 3 is 2.17 bits per heavy atom. The largest absolute Gasteiger partial charge is 0.356 e. The van der Waals surface area contributed by atoms with E-state index >= 15 is 0 Å². The molecular formula is C20H17FN2O. The normalized spacial score (nSPS) is 10.2. The number of carbonyl (C=O) groups is 1. The third kappa shape index (κ3) is 4.43. The van der Waals surface area contributed by atoms with Crippen LogP contribution in [0.15, 0.2) is 78.9 Å². The summed E-state index contributed by atoms with van der Waals surface area (Å²) in [6, 6.07) is 23.3. The minimum Gasteiger partial charge on any atom is -0.356 e. The van der Waals surface area contributed by atoms with Crippen molar-refractivity contribution in [3.05, 3.63) is 90.2 Å². The Hall–Kier alpha value is -3.14. The fourth-order valence-corrected chi connectivity index (χ4v) is 2.36. The third-order valence-corrected chi connectivity index (χ3v) is 3.48. The van der Waals surface area contributed by atoms with E-state index in [0.29, 0.717) is 11.3 Å². The first-order valence-corrected chi connectivity index (χ1v) is 7.65. The molecule has 120 valence electrons. The van der Waals surface area contributed by atoms with Crippen molar-refractivity contribution in [2.75, 3.05) is 10.6 Å². The molecule has 0 aliphatic heterocycles. The number of rotatable bonds is 5. The Bertz CT molecular complexity index is 817. The highest BCUT2D eigenvalue weighted by molar-refractivity contribution is 5.92. The molecule has 0 radical (unpaired) electrons. The van der Waals surface area contributed by atoms with Crippen molar-refractivity contribution in [3.8, 4) is 0 Å². The lowest BCUT2D eigenvalue weighted by Crippen LogP contribution is -2.14. The van der Waals surface area contributed by atoms with Crippen LogP contribution in [0.4, 0.5) is 21.5 Å². The molecule has 0 spiro atoms. The van der Waals surface area contributed by atoms with Gasteiger partial charge in [-0.25, -0.2) is 4.39 Å². The molecule has 0 heterocycles. The summed E-state index contributed by atoms with van der Waals surface area (Å²) in [6.45, 7) is 0. The van der Waals surface area contributed by atoms with Crippen molar-refractivity contribution in [1.29, 1.82) is 0 Å². The predicted molar refractivity (Wildman–Crippen MR) is 94.9 cm³/mol. The Balaban J connectivity index is 1.58. The Labute approximate surface area is 140 Å². The van der Waals surface area contributed by atoms with Crippen LogP contribution in [0.25, 0.3) is 0 Å². The summed E-state index contributed by atoms with van der Waals surface area (Å²) in [5, 5.41) is 6.09. The Morgan fingerprint density at radius 1 is 0.792 bits per heavy atom. The standard InChI is InChI=1S/C20H17FN2O/c21-16-6-4-5-15(13-16)14-20(24)23-19-11-9-18(10-12-19)22-17-7-2-1-3-8-17/h1-13,22H,14H2,(H,23,24). The van der Waals surface area contributed by atoms with Gasteiger partial charge in [0.15, 0.2) is 0 Å². The van der Waals surface area contributed by atoms with E-state index in [0.717, 1.165) is 11.4 Å². The summed E-state index contributed by atoms with van der Waals surface area (Å²) >= 11 is 0. The zero-order chi connectivity index (χ0) is 16.8. The monoisotopic (exact) mass is 320 g/mol. The molecule has 3 aromatic rings. The van der Waals surface area contributed by atoms with Crippen LogP contribution in [0.5, 0.6) is 0 Å². The number of para-hydroxylation sites is 1. The number of halogens is 1. The van der Waals surface area contributed by atoms with Gasteiger partial charge in [0.1, 0.15) is 5.82 Å². The van der Waals surface area contributed by atoms with Gasteiger partial charge in [-0.15, -0.1) is 0 Å². The van der Waals surface area contributed by atoms with E-state index in [4.69, 9.17) is 0 Å². The van der Waals surface area contributed by atoms with Crippen LogP contribution in [-0.4, -0.2) is 5.91 Å². The van der Waals surface area contributed by atoms with Gasteiger partial charge in [-0.1, -0.05) is 30.3 Å². The first-order chi connectivity index (χ1) is 11.7. The van der Waals surface area contributed by atoms with Gasteiger partial charge in [0.05, 0.1) is 6.42 Å². The molecule has 3 nitrogen and oxygen atoms in total. The molecule has 1 amide bonds. The molecule has 0 aliphatic carbocycles. The molecule has 2 N–H and O–H groups in total. The van der Waals surface area contributed by atoms with E-state index in [1.165, 1.54) is 12.1 Å². The highest BCUT2D eigenvalue weighted by Gasteiger charge is 2.05. The van der Waals surface area contributed by atoms with E-state index in [1.54, 1.807) is 12.1 Å². The van der Waals surface area contributed by atoms with Crippen molar-refractivity contribution < 1.29 is 9.18 Å². The van der Waals surface area contributed by atoms with Gasteiger partial charge >= 0.3 is 0 Å². The smallest absolute Gasteiger partial charge is 0.228 e. The van der Waals surface area contributed by atoms with Crippen molar-refractivity contribution in [2.45, 2.75) is 6.42 Å². The van der Waals surface area contributed by atoms with Crippen LogP contribution in [-0.2, 0) is 11.2 Å². The van der Waals surface area contributed by atoms with Crippen molar-refractivity contribution in [3.63, 3.8) is 0 Å². The van der Waals surface area contributed by atoms with E-state index in [1.807, 2.05) is 54.6 Å². The van der Waals surface area contributed by atoms with Gasteiger partial charge in [0.25, 0.3) is 0 Å². The number of amides is 1. The summed E-state index contributed by atoms with van der Waals surface area (Å²) in [4.78, 5) is 12.0. The predicted octanol–water partition coefficient (Wildman–Crippen LogP) is 4.75. The molecule has 4 heteroatoms. The summed E-state index contributed by atoms with van der Waals surface area (Å²) < 4.78 is 13.1. The molecule has 0 bridgehead atoms. The molecule has 0 atom stereocenters. The molecule has 0 unspecified atom stereocenters. The van der Waals surface area contributed by atoms with E-state index in [-0.39, 0.29) is 18.1 Å². The minimum atomic E-state index is -0.336. The van der Waals surface area contributed by atoms with Crippen molar-refractivity contribution >= 4 is 23.0 Å². The Kier molecular flexibility index (Phi) is 4.87. The lowest BCUT2D eigenvalue weighted by molar-refractivity contribution is -0.115. The average molecular weight is 320 g/mol. The van der Waals surface area contributed by atoms with Crippen LogP contribution in [0, 0.1) is 5.82 Å². The molecule has 24 heavy (non-hydrogen) atoms. The number of nitrogens with one attached hydrogen (secondary N) is 2. The maximum atomic E-state index is 13.1. The maximum Gasteiger partial charge on any atom is 0.228 e. The average Bonchev–Trinajstić information content (AvgIpc) is 2.57. The summed E-state index contributed by atoms with van der Waals surface area (Å²) in [5.41, 5.74) is 3.29. The van der Waals surface area contributed by atoms with E-state index < -0.39 is 0 Å². The van der Waals surface area contributed by atoms with Crippen LogP contribution >= 0.6 is 0 Å². The fraction of sp³-hybridized carbons (Fsp3) is 0.0500. The topological polar surface area (TPSA) is 41.1 Å². The third-order valence-electron chi connectivity index (χ3n) is 3.48. The molecule has 0 saturated carbocycles. The molecule has 3 aromatic carbocycles. The molecule has 0 aromatic heterocycles. The van der Waals surface area contributed by atoms with Gasteiger partial charge in [-0.2, -0.15) is 0 Å². The van der Waals surface area contributed by atoms with Crippen LogP contribution in [0.1, 0.15) is 5.56 Å². The lowest BCUT2D eigenvalue weighted by atomic mass is 10.1. The minimum absolute atomic E-state index is 0.141. The van der Waals surface area contributed by atoms with Gasteiger partial charge in [-0.3, -0.25) is 4.79 Å². The zero-order valence-corrected chi connectivity index (χ0v) is 13.0. The second kappa shape index (κ2) is 7.42. The number of hydrogen-bond acceptors (Lipinski definition) is 2. The van der Waals surface area contributed by atoms with Crippen LogP contribution in [0.2, 0.25) is 0 Å². The zero-order valence-electron chi connectivity index (χ0n) is 13.0. The quantitative estimate of drug-likeness (QED) is 0.712. The molecular weight excluding hydrogens is 303 g/mol.